The van der Waals surface area contributed by atoms with Crippen molar-refractivity contribution >= 4 is 5.78 Å². The number of para-hydroxylation sites is 1. The maximum atomic E-state index is 12.0. The van der Waals surface area contributed by atoms with Gasteiger partial charge in [0.05, 0.1) is 20.8 Å². The van der Waals surface area contributed by atoms with E-state index in [2.05, 4.69) is 13.8 Å². The van der Waals surface area contributed by atoms with Gasteiger partial charge in [-0.3, -0.25) is 4.79 Å². The van der Waals surface area contributed by atoms with Crippen LogP contribution in [0, 0.1) is 0 Å². The summed E-state index contributed by atoms with van der Waals surface area (Å²) >= 11 is 0. The van der Waals surface area contributed by atoms with Crippen LogP contribution in [-0.2, 0) is 5.41 Å². The van der Waals surface area contributed by atoms with E-state index >= 15 is 0 Å². The Morgan fingerprint density at radius 2 is 1.48 bits per heavy atom. The van der Waals surface area contributed by atoms with Crippen LogP contribution in [0.15, 0.2) is 42.5 Å². The van der Waals surface area contributed by atoms with Crippen LogP contribution in [-0.4, -0.2) is 26.6 Å². The first-order valence-electron chi connectivity index (χ1n) is 10.3. The van der Waals surface area contributed by atoms with E-state index in [1.165, 1.54) is 13.3 Å². The summed E-state index contributed by atoms with van der Waals surface area (Å²) in [5, 5.41) is 0. The second-order valence-corrected chi connectivity index (χ2v) is 8.02. The molecule has 2 aromatic rings. The van der Waals surface area contributed by atoms with E-state index in [1.807, 2.05) is 42.5 Å². The molecule has 0 radical (unpaired) electrons. The first-order chi connectivity index (χ1) is 13.9. The summed E-state index contributed by atoms with van der Waals surface area (Å²) < 4.78 is 16.7. The molecule has 2 rings (SSSR count). The lowest BCUT2D eigenvalue weighted by Crippen LogP contribution is -2.18. The first-order valence-corrected chi connectivity index (χ1v) is 10.3. The van der Waals surface area contributed by atoms with Crippen LogP contribution < -0.4 is 14.2 Å². The highest BCUT2D eigenvalue weighted by molar-refractivity contribution is 5.99. The van der Waals surface area contributed by atoms with Crippen molar-refractivity contribution < 1.29 is 19.0 Å². The normalized spacial score (nSPS) is 11.2. The maximum Gasteiger partial charge on any atom is 0.167 e. The van der Waals surface area contributed by atoms with Gasteiger partial charge in [-0.15, -0.1) is 0 Å². The van der Waals surface area contributed by atoms with Crippen LogP contribution in [0.2, 0.25) is 0 Å². The quantitative estimate of drug-likeness (QED) is 0.315. The Labute approximate surface area is 175 Å². The van der Waals surface area contributed by atoms with E-state index < -0.39 is 0 Å². The molecule has 2 aromatic carbocycles. The number of ether oxygens (including phenoxy) is 3. The molecule has 0 atom stereocenters. The van der Waals surface area contributed by atoms with Crippen molar-refractivity contribution in [2.45, 2.75) is 58.3 Å². The highest BCUT2D eigenvalue weighted by atomic mass is 16.5. The lowest BCUT2D eigenvalue weighted by atomic mass is 9.79. The molecule has 0 N–H and O–H groups in total. The number of methoxy groups -OCH3 is 2. The molecule has 0 aliphatic heterocycles. The number of benzene rings is 2. The monoisotopic (exact) mass is 398 g/mol. The molecule has 4 nitrogen and oxygen atoms in total. The number of hydrogen-bond acceptors (Lipinski definition) is 4. The minimum Gasteiger partial charge on any atom is -0.496 e. The Morgan fingerprint density at radius 1 is 0.897 bits per heavy atom. The van der Waals surface area contributed by atoms with Gasteiger partial charge < -0.3 is 14.2 Å². The topological polar surface area (TPSA) is 44.8 Å². The van der Waals surface area contributed by atoms with Gasteiger partial charge in [0.25, 0.3) is 0 Å². The van der Waals surface area contributed by atoms with Gasteiger partial charge in [0.2, 0.25) is 0 Å². The molecular formula is C25H34O4. The zero-order valence-electron chi connectivity index (χ0n) is 18.4. The number of Topliss-reactive ketones (excluding diaryl/α,β-unsaturated/α-hetero) is 1. The van der Waals surface area contributed by atoms with E-state index in [1.54, 1.807) is 14.2 Å². The predicted octanol–water partition coefficient (Wildman–Crippen LogP) is 6.21. The van der Waals surface area contributed by atoms with Crippen LogP contribution in [0.5, 0.6) is 17.2 Å². The number of carbonyl (C=O) groups excluding carboxylic acids is 1. The lowest BCUT2D eigenvalue weighted by molar-refractivity contribution is 0.101. The molecule has 29 heavy (non-hydrogen) atoms. The van der Waals surface area contributed by atoms with E-state index in [0.717, 1.165) is 43.6 Å². The van der Waals surface area contributed by atoms with Gasteiger partial charge in [-0.2, -0.15) is 0 Å². The molecular weight excluding hydrogens is 364 g/mol. The summed E-state index contributed by atoms with van der Waals surface area (Å²) in [5.41, 5.74) is 1.60. The molecule has 0 saturated heterocycles. The SMILES string of the molecule is COc1cc(C(C)(C)CCCCCCOc2ccccc2)cc(OC)c1C(C)=O. The van der Waals surface area contributed by atoms with Crippen molar-refractivity contribution in [1.29, 1.82) is 0 Å². The fourth-order valence-corrected chi connectivity index (χ4v) is 3.52. The van der Waals surface area contributed by atoms with E-state index in [0.29, 0.717) is 17.1 Å². The zero-order valence-corrected chi connectivity index (χ0v) is 18.4. The summed E-state index contributed by atoms with van der Waals surface area (Å²) in [7, 11) is 3.19. The largest absolute Gasteiger partial charge is 0.496 e. The van der Waals surface area contributed by atoms with Gasteiger partial charge in [0.1, 0.15) is 22.8 Å². The van der Waals surface area contributed by atoms with E-state index in [9.17, 15) is 4.79 Å². The second-order valence-electron chi connectivity index (χ2n) is 8.02. The van der Waals surface area contributed by atoms with Gasteiger partial charge in [-0.1, -0.05) is 51.3 Å². The molecule has 0 unspecified atom stereocenters. The van der Waals surface area contributed by atoms with Crippen molar-refractivity contribution in [1.82, 2.24) is 0 Å². The van der Waals surface area contributed by atoms with Gasteiger partial charge in [-0.05, 0) is 55.0 Å². The molecule has 0 aliphatic carbocycles. The van der Waals surface area contributed by atoms with E-state index in [-0.39, 0.29) is 11.2 Å². The highest BCUT2D eigenvalue weighted by Crippen LogP contribution is 2.38. The van der Waals surface area contributed by atoms with Gasteiger partial charge in [0.15, 0.2) is 5.78 Å². The Kier molecular flexibility index (Phi) is 8.56. The predicted molar refractivity (Wildman–Crippen MR) is 118 cm³/mol. The highest BCUT2D eigenvalue weighted by Gasteiger charge is 2.25. The number of rotatable bonds is 12. The van der Waals surface area contributed by atoms with Crippen LogP contribution in [0.25, 0.3) is 0 Å². The van der Waals surface area contributed by atoms with Crippen molar-refractivity contribution in [3.05, 3.63) is 53.6 Å². The summed E-state index contributed by atoms with van der Waals surface area (Å²) in [6.45, 7) is 6.75. The third kappa shape index (κ3) is 6.52. The molecule has 0 aliphatic rings. The van der Waals surface area contributed by atoms with Gasteiger partial charge in [-0.25, -0.2) is 0 Å². The Balaban J connectivity index is 1.86. The van der Waals surface area contributed by atoms with E-state index in [4.69, 9.17) is 14.2 Å². The average Bonchev–Trinajstić information content (AvgIpc) is 2.72. The fraction of sp³-hybridized carbons (Fsp3) is 0.480. The first kappa shape index (κ1) is 22.8. The molecule has 158 valence electrons. The Morgan fingerprint density at radius 3 is 2.03 bits per heavy atom. The number of hydrogen-bond donors (Lipinski definition) is 0. The fourth-order valence-electron chi connectivity index (χ4n) is 3.52. The summed E-state index contributed by atoms with van der Waals surface area (Å²) in [5.74, 6) is 2.04. The van der Waals surface area contributed by atoms with Gasteiger partial charge >= 0.3 is 0 Å². The average molecular weight is 399 g/mol. The number of carbonyl (C=O) groups is 1. The lowest BCUT2D eigenvalue weighted by Gasteiger charge is -2.27. The minimum absolute atomic E-state index is 0.0313. The van der Waals surface area contributed by atoms with Crippen LogP contribution in [0.1, 0.15) is 68.8 Å². The molecule has 0 saturated carbocycles. The Hall–Kier alpha value is -2.49. The zero-order chi connectivity index (χ0) is 21.3. The summed E-state index contributed by atoms with van der Waals surface area (Å²) in [6, 6.07) is 13.9. The van der Waals surface area contributed by atoms with Crippen molar-refractivity contribution in [3.63, 3.8) is 0 Å². The molecule has 4 heteroatoms. The Bertz CT molecular complexity index is 756. The maximum absolute atomic E-state index is 12.0. The molecule has 0 spiro atoms. The molecule has 0 amide bonds. The standard InChI is InChI=1S/C25H34O4/c1-19(26)24-22(27-4)17-20(18-23(24)28-5)25(2,3)15-11-6-7-12-16-29-21-13-9-8-10-14-21/h8-10,13-14,17-18H,6-7,11-12,15-16H2,1-5H3. The molecule has 0 heterocycles. The van der Waals surface area contributed by atoms with Crippen molar-refractivity contribution in [2.75, 3.05) is 20.8 Å². The van der Waals surface area contributed by atoms with Crippen LogP contribution >= 0.6 is 0 Å². The minimum atomic E-state index is -0.0548. The van der Waals surface area contributed by atoms with Crippen molar-refractivity contribution in [3.8, 4) is 17.2 Å². The summed E-state index contributed by atoms with van der Waals surface area (Å²) in [6.07, 6.45) is 5.57. The summed E-state index contributed by atoms with van der Waals surface area (Å²) in [4.78, 5) is 12.0. The third-order valence-electron chi connectivity index (χ3n) is 5.35. The smallest absolute Gasteiger partial charge is 0.167 e. The number of ketones is 1. The van der Waals surface area contributed by atoms with Gasteiger partial charge in [0, 0.05) is 0 Å². The van der Waals surface area contributed by atoms with Crippen molar-refractivity contribution in [2.24, 2.45) is 0 Å². The third-order valence-corrected chi connectivity index (χ3v) is 5.35. The van der Waals surface area contributed by atoms with Crippen LogP contribution in [0.4, 0.5) is 0 Å². The molecule has 0 fully saturated rings. The molecule has 0 aromatic heterocycles. The number of unbranched alkanes of at least 4 members (excludes halogenated alkanes) is 3. The van der Waals surface area contributed by atoms with Crippen LogP contribution in [0.3, 0.4) is 0 Å². The second kappa shape index (κ2) is 10.9. The molecule has 0 bridgehead atoms.